The molecule has 0 spiro atoms. The Kier molecular flexibility index (Phi) is 11.8. The molecule has 0 aromatic heterocycles. The molecule has 0 aliphatic carbocycles. The molecular weight excluding hydrogens is 562 g/mol. The Morgan fingerprint density at radius 1 is 0.795 bits per heavy atom. The first-order chi connectivity index (χ1) is 20.9. The van der Waals surface area contributed by atoms with Crippen LogP contribution in [-0.4, -0.2) is 36.7 Å². The normalized spacial score (nSPS) is 12.2. The predicted molar refractivity (Wildman–Crippen MR) is 164 cm³/mol. The third-order valence-corrected chi connectivity index (χ3v) is 6.58. The van der Waals surface area contributed by atoms with Crippen LogP contribution in [0.1, 0.15) is 55.5 Å². The van der Waals surface area contributed by atoms with Gasteiger partial charge in [-0.2, -0.15) is 0 Å². The molecule has 9 nitrogen and oxygen atoms in total. The maximum absolute atomic E-state index is 14.3. The molecule has 0 unspecified atom stereocenters. The lowest BCUT2D eigenvalue weighted by Gasteiger charge is -2.37. The minimum absolute atomic E-state index is 0.152. The summed E-state index contributed by atoms with van der Waals surface area (Å²) < 4.78 is 21.8. The van der Waals surface area contributed by atoms with Crippen LogP contribution in [0.4, 0.5) is 4.79 Å². The van der Waals surface area contributed by atoms with Gasteiger partial charge in [0, 0.05) is 6.08 Å². The van der Waals surface area contributed by atoms with Crippen LogP contribution in [0.3, 0.4) is 0 Å². The van der Waals surface area contributed by atoms with Gasteiger partial charge in [-0.3, -0.25) is 9.59 Å². The van der Waals surface area contributed by atoms with E-state index in [1.807, 2.05) is 25.1 Å². The molecule has 1 amide bonds. The van der Waals surface area contributed by atoms with Crippen molar-refractivity contribution in [1.29, 1.82) is 0 Å². The zero-order valence-corrected chi connectivity index (χ0v) is 25.7. The highest BCUT2D eigenvalue weighted by Crippen LogP contribution is 2.42. The van der Waals surface area contributed by atoms with Crippen LogP contribution >= 0.6 is 0 Å². The summed E-state index contributed by atoms with van der Waals surface area (Å²) in [4.78, 5) is 54.0. The van der Waals surface area contributed by atoms with Gasteiger partial charge in [0.15, 0.2) is 5.41 Å². The molecule has 0 fully saturated rings. The van der Waals surface area contributed by atoms with E-state index in [0.717, 1.165) is 11.6 Å². The minimum Gasteiger partial charge on any atom is -0.466 e. The molecule has 0 saturated heterocycles. The fraction of sp³-hybridized carbons (Fsp3) is 0.314. The number of benzene rings is 3. The fourth-order valence-electron chi connectivity index (χ4n) is 4.48. The number of allylic oxidation sites excluding steroid dienone is 1. The lowest BCUT2D eigenvalue weighted by molar-refractivity contribution is -0.177. The molecule has 0 radical (unpaired) electrons. The van der Waals surface area contributed by atoms with Crippen molar-refractivity contribution >= 4 is 24.0 Å². The smallest absolute Gasteiger partial charge is 0.408 e. The zero-order valence-electron chi connectivity index (χ0n) is 25.7. The topological polar surface area (TPSA) is 117 Å². The Hall–Kier alpha value is -4.92. The second-order valence-electron chi connectivity index (χ2n) is 11.2. The summed E-state index contributed by atoms with van der Waals surface area (Å²) in [6, 6.07) is 23.6. The van der Waals surface area contributed by atoms with Gasteiger partial charge >= 0.3 is 24.0 Å². The first-order valence-corrected chi connectivity index (χ1v) is 14.2. The summed E-state index contributed by atoms with van der Waals surface area (Å²) in [6.45, 7) is 6.63. The van der Waals surface area contributed by atoms with Gasteiger partial charge in [-0.05, 0) is 50.8 Å². The summed E-state index contributed by atoms with van der Waals surface area (Å²) in [5.74, 6) is -2.62. The third-order valence-electron chi connectivity index (χ3n) is 6.58. The number of hydrogen-bond acceptors (Lipinski definition) is 8. The second kappa shape index (κ2) is 15.5. The molecule has 9 heteroatoms. The molecule has 3 rings (SSSR count). The Bertz CT molecular complexity index is 1390. The maximum atomic E-state index is 14.3. The lowest BCUT2D eigenvalue weighted by Crippen LogP contribution is -2.53. The molecule has 3 aromatic rings. The summed E-state index contributed by atoms with van der Waals surface area (Å²) in [7, 11) is 1.21. The molecule has 44 heavy (non-hydrogen) atoms. The predicted octanol–water partition coefficient (Wildman–Crippen LogP) is 6.15. The summed E-state index contributed by atoms with van der Waals surface area (Å²) in [6.07, 6.45) is 1.19. The van der Waals surface area contributed by atoms with E-state index >= 15 is 0 Å². The number of carbonyl (C=O) groups is 4. The number of aryl methyl sites for hydroxylation is 1. The highest BCUT2D eigenvalue weighted by molar-refractivity contribution is 6.02. The Morgan fingerprint density at radius 2 is 1.34 bits per heavy atom. The van der Waals surface area contributed by atoms with Crippen molar-refractivity contribution < 1.29 is 38.1 Å². The average molecular weight is 602 g/mol. The van der Waals surface area contributed by atoms with E-state index in [2.05, 4.69) is 5.32 Å². The van der Waals surface area contributed by atoms with Crippen molar-refractivity contribution in [2.24, 2.45) is 5.41 Å². The van der Waals surface area contributed by atoms with Gasteiger partial charge in [0.25, 0.3) is 0 Å². The SMILES string of the molecule is COC(=O)/C=C/CC(C(=O)OCc1ccccc1)(C(=O)OCc1ccccc1)[C@H](NC(=O)OC(C)(C)C)c1cccc(C)c1. The average Bonchev–Trinajstić information content (AvgIpc) is 3.00. The van der Waals surface area contributed by atoms with E-state index in [9.17, 15) is 19.2 Å². The highest BCUT2D eigenvalue weighted by atomic mass is 16.6. The largest absolute Gasteiger partial charge is 0.466 e. The number of hydrogen-bond donors (Lipinski definition) is 1. The van der Waals surface area contributed by atoms with Crippen LogP contribution in [0.2, 0.25) is 0 Å². The van der Waals surface area contributed by atoms with Gasteiger partial charge in [-0.1, -0.05) is 96.6 Å². The van der Waals surface area contributed by atoms with Crippen molar-refractivity contribution in [1.82, 2.24) is 5.32 Å². The highest BCUT2D eigenvalue weighted by Gasteiger charge is 2.56. The van der Waals surface area contributed by atoms with Crippen molar-refractivity contribution in [2.75, 3.05) is 7.11 Å². The molecule has 0 heterocycles. The van der Waals surface area contributed by atoms with E-state index in [-0.39, 0.29) is 19.6 Å². The molecule has 0 saturated carbocycles. The van der Waals surface area contributed by atoms with Crippen LogP contribution in [0.5, 0.6) is 0 Å². The number of rotatable bonds is 12. The van der Waals surface area contributed by atoms with Crippen LogP contribution in [-0.2, 0) is 46.5 Å². The third kappa shape index (κ3) is 9.55. The number of alkyl carbamates (subject to hydrolysis) is 1. The molecule has 1 atom stereocenters. The quantitative estimate of drug-likeness (QED) is 0.114. The molecule has 1 N–H and O–H groups in total. The molecule has 0 aliphatic rings. The van der Waals surface area contributed by atoms with Crippen LogP contribution in [0.25, 0.3) is 0 Å². The van der Waals surface area contributed by atoms with Gasteiger partial charge in [0.1, 0.15) is 18.8 Å². The van der Waals surface area contributed by atoms with Crippen molar-refractivity contribution in [3.63, 3.8) is 0 Å². The van der Waals surface area contributed by atoms with Gasteiger partial charge < -0.3 is 24.3 Å². The van der Waals surface area contributed by atoms with Gasteiger partial charge in [-0.25, -0.2) is 9.59 Å². The Balaban J connectivity index is 2.19. The first kappa shape index (κ1) is 33.6. The zero-order chi connectivity index (χ0) is 32.2. The maximum Gasteiger partial charge on any atom is 0.408 e. The minimum atomic E-state index is -2.20. The Labute approximate surface area is 258 Å². The van der Waals surface area contributed by atoms with E-state index in [0.29, 0.717) is 16.7 Å². The van der Waals surface area contributed by atoms with Crippen molar-refractivity contribution in [3.8, 4) is 0 Å². The molecule has 232 valence electrons. The molecular formula is C35H39NO8. The van der Waals surface area contributed by atoms with Gasteiger partial charge in [-0.15, -0.1) is 0 Å². The lowest BCUT2D eigenvalue weighted by atomic mass is 9.73. The van der Waals surface area contributed by atoms with Crippen molar-refractivity contribution in [2.45, 2.75) is 59.0 Å². The van der Waals surface area contributed by atoms with Gasteiger partial charge in [0.2, 0.25) is 0 Å². The molecule has 3 aromatic carbocycles. The number of ether oxygens (including phenoxy) is 4. The number of esters is 3. The van der Waals surface area contributed by atoms with Crippen LogP contribution < -0.4 is 5.32 Å². The van der Waals surface area contributed by atoms with E-state index in [4.69, 9.17) is 18.9 Å². The molecule has 0 aliphatic heterocycles. The van der Waals surface area contributed by atoms with E-state index in [1.54, 1.807) is 87.5 Å². The van der Waals surface area contributed by atoms with Crippen LogP contribution in [0.15, 0.2) is 97.1 Å². The number of carbonyl (C=O) groups excluding carboxylic acids is 4. The van der Waals surface area contributed by atoms with E-state index in [1.165, 1.54) is 13.2 Å². The summed E-state index contributed by atoms with van der Waals surface area (Å²) in [5.41, 5.74) is -0.465. The number of amides is 1. The second-order valence-corrected chi connectivity index (χ2v) is 11.2. The summed E-state index contributed by atoms with van der Waals surface area (Å²) in [5, 5.41) is 2.76. The first-order valence-electron chi connectivity index (χ1n) is 14.2. The molecule has 0 bridgehead atoms. The van der Waals surface area contributed by atoms with E-state index < -0.39 is 41.1 Å². The van der Waals surface area contributed by atoms with Crippen molar-refractivity contribution in [3.05, 3.63) is 119 Å². The number of methoxy groups -OCH3 is 1. The Morgan fingerprint density at radius 3 is 1.82 bits per heavy atom. The number of nitrogens with one attached hydrogen (secondary N) is 1. The standard InChI is InChI=1S/C35H39NO8/c1-25-14-12-19-28(22-25)30(36-33(40)44-34(2,3)4)35(21-13-20-29(37)41-5,31(38)42-23-26-15-8-6-9-16-26)32(39)43-24-27-17-10-7-11-18-27/h6-20,22,30H,21,23-24H2,1-5H3,(H,36,40)/b20-13+/t30-/m1/s1. The van der Waals surface area contributed by atoms with Gasteiger partial charge in [0.05, 0.1) is 13.2 Å². The monoisotopic (exact) mass is 601 g/mol. The summed E-state index contributed by atoms with van der Waals surface area (Å²) >= 11 is 0. The van der Waals surface area contributed by atoms with Crippen LogP contribution in [0, 0.1) is 12.3 Å². The fourth-order valence-corrected chi connectivity index (χ4v) is 4.48.